The largest absolute Gasteiger partial charge is 0.477 e. The molecule has 0 aliphatic rings. The number of allylic oxidation sites excluding steroid dienone is 5. The molecule has 0 unspecified atom stereocenters. The highest BCUT2D eigenvalue weighted by molar-refractivity contribution is 7.17. The van der Waals surface area contributed by atoms with Gasteiger partial charge in [-0.1, -0.05) is 45.2 Å². The van der Waals surface area contributed by atoms with E-state index in [-0.39, 0.29) is 16.4 Å². The number of hydrogen-bond acceptors (Lipinski definition) is 4. The van der Waals surface area contributed by atoms with E-state index in [0.717, 1.165) is 22.5 Å². The highest BCUT2D eigenvalue weighted by Gasteiger charge is 2.26. The van der Waals surface area contributed by atoms with Gasteiger partial charge >= 0.3 is 5.97 Å². The zero-order valence-electron chi connectivity index (χ0n) is 20.0. The van der Waals surface area contributed by atoms with Gasteiger partial charge in [-0.25, -0.2) is 14.2 Å². The summed E-state index contributed by atoms with van der Waals surface area (Å²) in [6, 6.07) is 3.20. The number of carboxylic acid groups (broad SMARTS) is 1. The number of nitrogens with zero attached hydrogens (tertiary/aromatic N) is 2. The molecule has 3 rings (SSSR count). The molecule has 8 heteroatoms. The van der Waals surface area contributed by atoms with Crippen LogP contribution in [0.2, 0.25) is 0 Å². The molecule has 0 aromatic carbocycles. The van der Waals surface area contributed by atoms with Gasteiger partial charge in [0.1, 0.15) is 16.4 Å². The van der Waals surface area contributed by atoms with Gasteiger partial charge in [0.15, 0.2) is 0 Å². The first kappa shape index (κ1) is 25.8. The summed E-state index contributed by atoms with van der Waals surface area (Å²) in [5.41, 5.74) is 9.41. The molecule has 1 amide bonds. The minimum absolute atomic E-state index is 0.151. The third-order valence-electron chi connectivity index (χ3n) is 5.44. The Morgan fingerprint density at radius 1 is 1.31 bits per heavy atom. The number of thiophene rings is 1. The van der Waals surface area contributed by atoms with Crippen molar-refractivity contribution in [3.63, 3.8) is 0 Å². The van der Waals surface area contributed by atoms with Crippen molar-refractivity contribution in [2.24, 2.45) is 11.7 Å². The number of carboxylic acids is 1. The Morgan fingerprint density at radius 3 is 2.54 bits per heavy atom. The van der Waals surface area contributed by atoms with Crippen LogP contribution in [0, 0.1) is 5.92 Å². The molecular weight excluding hydrogens is 465 g/mol. The van der Waals surface area contributed by atoms with Crippen molar-refractivity contribution in [1.29, 1.82) is 0 Å². The SMILES string of the molecule is C=Cc1cn(CC(/C=C\C(=C)F)=C/C)c2nc(CC(C)C)c(C(N)=O)c(-c3ccc(C(=O)O)s3)c12. The molecule has 0 bridgehead atoms. The lowest BCUT2D eigenvalue weighted by molar-refractivity contribution is 0.0702. The zero-order valence-corrected chi connectivity index (χ0v) is 20.8. The van der Waals surface area contributed by atoms with Gasteiger partial charge in [0.05, 0.1) is 11.3 Å². The molecule has 35 heavy (non-hydrogen) atoms. The predicted molar refractivity (Wildman–Crippen MR) is 140 cm³/mol. The molecule has 0 fully saturated rings. The number of nitrogens with two attached hydrogens (primary N) is 1. The lowest BCUT2D eigenvalue weighted by atomic mass is 9.94. The maximum Gasteiger partial charge on any atom is 0.345 e. The lowest BCUT2D eigenvalue weighted by Gasteiger charge is -2.16. The molecule has 0 aliphatic carbocycles. The van der Waals surface area contributed by atoms with E-state index in [1.807, 2.05) is 37.6 Å². The Hall–Kier alpha value is -3.78. The topological polar surface area (TPSA) is 98.2 Å². The Labute approximate surface area is 207 Å². The first-order chi connectivity index (χ1) is 16.6. The third-order valence-corrected chi connectivity index (χ3v) is 6.53. The van der Waals surface area contributed by atoms with Crippen LogP contribution in [-0.4, -0.2) is 26.5 Å². The summed E-state index contributed by atoms with van der Waals surface area (Å²) in [6.45, 7) is 13.5. The Kier molecular flexibility index (Phi) is 7.86. The average molecular weight is 494 g/mol. The fourth-order valence-electron chi connectivity index (χ4n) is 3.94. The summed E-state index contributed by atoms with van der Waals surface area (Å²) in [5, 5.41) is 10.1. The van der Waals surface area contributed by atoms with Crippen LogP contribution >= 0.6 is 11.3 Å². The summed E-state index contributed by atoms with van der Waals surface area (Å²) in [7, 11) is 0. The van der Waals surface area contributed by atoms with Crippen LogP contribution in [0.3, 0.4) is 0 Å². The number of primary amides is 1. The summed E-state index contributed by atoms with van der Waals surface area (Å²) in [6.07, 6.45) is 8.84. The van der Waals surface area contributed by atoms with Crippen LogP contribution in [0.5, 0.6) is 0 Å². The molecule has 6 nitrogen and oxygen atoms in total. The number of pyridine rings is 1. The number of fused-ring (bicyclic) bond motifs is 1. The van der Waals surface area contributed by atoms with Crippen molar-refractivity contribution >= 4 is 40.3 Å². The summed E-state index contributed by atoms with van der Waals surface area (Å²) < 4.78 is 15.1. The van der Waals surface area contributed by atoms with E-state index in [0.29, 0.717) is 40.1 Å². The second-order valence-corrected chi connectivity index (χ2v) is 9.58. The van der Waals surface area contributed by atoms with E-state index < -0.39 is 17.7 Å². The number of aromatic nitrogens is 2. The standard InChI is InChI=1S/C27H28FN3O3S/c1-6-17(9-8-16(5)28)13-31-14-18(7-2)22-24(20-10-11-21(35-20)27(33)34)23(25(29)32)19(12-15(3)4)30-26(22)31/h6-11,14-15H,2,5,12-13H2,1,3-4H3,(H2,29,32)(H,33,34)/b9-8-,17-6+. The van der Waals surface area contributed by atoms with Crippen LogP contribution in [0.1, 0.15) is 52.1 Å². The van der Waals surface area contributed by atoms with Gasteiger partial charge in [0.25, 0.3) is 5.91 Å². The van der Waals surface area contributed by atoms with Gasteiger partial charge in [-0.05, 0) is 43.0 Å². The van der Waals surface area contributed by atoms with Crippen molar-refractivity contribution in [3.05, 3.63) is 82.8 Å². The highest BCUT2D eigenvalue weighted by Crippen LogP contribution is 2.40. The Balaban J connectivity index is 2.40. The second kappa shape index (κ2) is 10.7. The normalized spacial score (nSPS) is 12.1. The fraction of sp³-hybridized carbons (Fsp3) is 0.222. The van der Waals surface area contributed by atoms with Crippen LogP contribution in [0.25, 0.3) is 27.6 Å². The van der Waals surface area contributed by atoms with Crippen molar-refractivity contribution in [2.75, 3.05) is 0 Å². The molecular formula is C27H28FN3O3S. The molecule has 0 spiro atoms. The van der Waals surface area contributed by atoms with E-state index in [1.54, 1.807) is 18.2 Å². The molecule has 0 saturated heterocycles. The molecule has 182 valence electrons. The highest BCUT2D eigenvalue weighted by atomic mass is 32.1. The maximum absolute atomic E-state index is 13.2. The number of carbonyl (C=O) groups is 2. The van der Waals surface area contributed by atoms with E-state index in [2.05, 4.69) is 13.2 Å². The van der Waals surface area contributed by atoms with Gasteiger partial charge in [-0.2, -0.15) is 0 Å². The third kappa shape index (κ3) is 5.49. The smallest absolute Gasteiger partial charge is 0.345 e. The van der Waals surface area contributed by atoms with Gasteiger partial charge in [0.2, 0.25) is 0 Å². The van der Waals surface area contributed by atoms with Gasteiger partial charge in [-0.3, -0.25) is 4.79 Å². The zero-order chi connectivity index (χ0) is 25.9. The minimum Gasteiger partial charge on any atom is -0.477 e. The Bertz CT molecular complexity index is 1390. The fourth-order valence-corrected chi connectivity index (χ4v) is 4.84. The summed E-state index contributed by atoms with van der Waals surface area (Å²) in [5.74, 6) is -2.03. The first-order valence-corrected chi connectivity index (χ1v) is 11.9. The van der Waals surface area contributed by atoms with Gasteiger partial charge < -0.3 is 15.4 Å². The second-order valence-electron chi connectivity index (χ2n) is 8.50. The molecule has 0 radical (unpaired) electrons. The number of amides is 1. The lowest BCUT2D eigenvalue weighted by Crippen LogP contribution is -2.18. The number of aromatic carboxylic acids is 1. The number of carbonyl (C=O) groups excluding carboxylic acids is 1. The molecule has 3 N–H and O–H groups in total. The predicted octanol–water partition coefficient (Wildman–Crippen LogP) is 6.39. The summed E-state index contributed by atoms with van der Waals surface area (Å²) >= 11 is 1.07. The van der Waals surface area contributed by atoms with E-state index in [9.17, 15) is 19.1 Å². The van der Waals surface area contributed by atoms with Crippen LogP contribution in [-0.2, 0) is 13.0 Å². The quantitative estimate of drug-likeness (QED) is 0.320. The summed E-state index contributed by atoms with van der Waals surface area (Å²) in [4.78, 5) is 29.9. The molecule has 0 aliphatic heterocycles. The van der Waals surface area contributed by atoms with Gasteiger partial charge in [0, 0.05) is 34.1 Å². The van der Waals surface area contributed by atoms with Crippen LogP contribution < -0.4 is 5.73 Å². The van der Waals surface area contributed by atoms with E-state index >= 15 is 0 Å². The van der Waals surface area contributed by atoms with E-state index in [4.69, 9.17) is 10.7 Å². The number of halogens is 1. The van der Waals surface area contributed by atoms with E-state index in [1.165, 1.54) is 12.1 Å². The minimum atomic E-state index is -1.05. The van der Waals surface area contributed by atoms with Crippen molar-refractivity contribution < 1.29 is 19.1 Å². The molecule has 0 atom stereocenters. The van der Waals surface area contributed by atoms with Crippen molar-refractivity contribution in [2.45, 2.75) is 33.7 Å². The molecule has 3 aromatic rings. The number of rotatable bonds is 10. The van der Waals surface area contributed by atoms with Crippen LogP contribution in [0.15, 0.2) is 61.1 Å². The number of hydrogen-bond donors (Lipinski definition) is 2. The van der Waals surface area contributed by atoms with Crippen LogP contribution in [0.4, 0.5) is 4.39 Å². The molecule has 3 heterocycles. The van der Waals surface area contributed by atoms with Gasteiger partial charge in [-0.15, -0.1) is 11.3 Å². The molecule has 0 saturated carbocycles. The van der Waals surface area contributed by atoms with Crippen molar-refractivity contribution in [3.8, 4) is 10.4 Å². The monoisotopic (exact) mass is 493 g/mol. The Morgan fingerprint density at radius 2 is 2.03 bits per heavy atom. The van der Waals surface area contributed by atoms with Crippen molar-refractivity contribution in [1.82, 2.24) is 9.55 Å². The maximum atomic E-state index is 13.2. The first-order valence-electron chi connectivity index (χ1n) is 11.1. The molecule has 3 aromatic heterocycles. The average Bonchev–Trinajstić information content (AvgIpc) is 3.40.